The molecular weight excluding hydrogens is 352 g/mol. The average molecular weight is 372 g/mol. The van der Waals surface area contributed by atoms with Gasteiger partial charge >= 0.3 is 0 Å². The van der Waals surface area contributed by atoms with E-state index in [-0.39, 0.29) is 0 Å². The number of benzene rings is 2. The number of aryl methyl sites for hydroxylation is 1. The molecule has 134 valence electrons. The summed E-state index contributed by atoms with van der Waals surface area (Å²) in [7, 11) is 0. The number of aromatic nitrogens is 2. The Kier molecular flexibility index (Phi) is 6.24. The molecule has 0 radical (unpaired) electrons. The summed E-state index contributed by atoms with van der Waals surface area (Å²) in [5.74, 6) is 1.31. The zero-order valence-electron chi connectivity index (χ0n) is 15.1. The maximum absolute atomic E-state index is 9.71. The fourth-order valence-electron chi connectivity index (χ4n) is 2.55. The van der Waals surface area contributed by atoms with E-state index in [9.17, 15) is 5.26 Å². The molecule has 0 bridgehead atoms. The van der Waals surface area contributed by atoms with Gasteiger partial charge < -0.3 is 5.32 Å². The van der Waals surface area contributed by atoms with Crippen LogP contribution in [0.15, 0.2) is 72.4 Å². The van der Waals surface area contributed by atoms with Crippen LogP contribution in [0.25, 0.3) is 11.3 Å². The first kappa shape index (κ1) is 18.7. The zero-order valence-corrected chi connectivity index (χ0v) is 16.0. The maximum atomic E-state index is 9.71. The Balaban J connectivity index is 2.00. The van der Waals surface area contributed by atoms with Crippen molar-refractivity contribution < 1.29 is 0 Å². The predicted molar refractivity (Wildman–Crippen MR) is 112 cm³/mol. The first-order valence-electron chi connectivity index (χ1n) is 8.62. The van der Waals surface area contributed by atoms with E-state index >= 15 is 0 Å². The Morgan fingerprint density at radius 2 is 1.85 bits per heavy atom. The Hall–Kier alpha value is -3.10. The molecule has 3 aromatic rings. The van der Waals surface area contributed by atoms with Crippen LogP contribution in [0.5, 0.6) is 0 Å². The molecule has 0 saturated heterocycles. The van der Waals surface area contributed by atoms with Crippen LogP contribution in [-0.2, 0) is 5.75 Å². The van der Waals surface area contributed by atoms with Crippen molar-refractivity contribution in [1.29, 1.82) is 5.26 Å². The smallest absolute Gasteiger partial charge is 0.190 e. The van der Waals surface area contributed by atoms with Crippen LogP contribution < -0.4 is 5.32 Å². The standard InChI is InChI=1S/C22H20N4S/c1-3-13-24-21-19(14-23)20(18-11-9-16(2)10-12-18)25-22(26-21)27-15-17-7-5-4-6-8-17/h3-12H,1,13,15H2,2H3,(H,24,25,26). The molecule has 5 heteroatoms. The summed E-state index contributed by atoms with van der Waals surface area (Å²) in [5.41, 5.74) is 4.37. The van der Waals surface area contributed by atoms with E-state index in [0.717, 1.165) is 16.9 Å². The quantitative estimate of drug-likeness (QED) is 0.350. The molecule has 27 heavy (non-hydrogen) atoms. The summed E-state index contributed by atoms with van der Waals surface area (Å²) in [4.78, 5) is 9.26. The van der Waals surface area contributed by atoms with Gasteiger partial charge in [-0.05, 0) is 12.5 Å². The molecule has 1 aromatic heterocycles. The number of nitriles is 1. The molecule has 0 spiro atoms. The van der Waals surface area contributed by atoms with Gasteiger partial charge in [-0.2, -0.15) is 5.26 Å². The highest BCUT2D eigenvalue weighted by Gasteiger charge is 2.16. The molecule has 1 heterocycles. The second-order valence-corrected chi connectivity index (χ2v) is 6.94. The van der Waals surface area contributed by atoms with Crippen LogP contribution in [0, 0.1) is 18.3 Å². The van der Waals surface area contributed by atoms with Crippen molar-refractivity contribution in [2.75, 3.05) is 11.9 Å². The summed E-state index contributed by atoms with van der Waals surface area (Å²) in [6, 6.07) is 20.5. The Labute approximate surface area is 164 Å². The van der Waals surface area contributed by atoms with Gasteiger partial charge in [0, 0.05) is 17.9 Å². The van der Waals surface area contributed by atoms with Gasteiger partial charge in [-0.25, -0.2) is 9.97 Å². The largest absolute Gasteiger partial charge is 0.365 e. The average Bonchev–Trinajstić information content (AvgIpc) is 2.71. The van der Waals surface area contributed by atoms with Gasteiger partial charge in [0.1, 0.15) is 17.5 Å². The van der Waals surface area contributed by atoms with E-state index in [0.29, 0.717) is 28.8 Å². The van der Waals surface area contributed by atoms with Gasteiger partial charge in [-0.15, -0.1) is 6.58 Å². The van der Waals surface area contributed by atoms with E-state index in [2.05, 4.69) is 35.1 Å². The van der Waals surface area contributed by atoms with Crippen molar-refractivity contribution in [3.63, 3.8) is 0 Å². The Morgan fingerprint density at radius 3 is 2.52 bits per heavy atom. The van der Waals surface area contributed by atoms with Crippen LogP contribution in [0.1, 0.15) is 16.7 Å². The number of nitrogens with one attached hydrogen (secondary N) is 1. The number of hydrogen-bond acceptors (Lipinski definition) is 5. The second-order valence-electron chi connectivity index (χ2n) is 6.00. The molecule has 0 aliphatic carbocycles. The fourth-order valence-corrected chi connectivity index (χ4v) is 3.35. The highest BCUT2D eigenvalue weighted by Crippen LogP contribution is 2.30. The van der Waals surface area contributed by atoms with Gasteiger partial charge in [-0.3, -0.25) is 0 Å². The third-order valence-electron chi connectivity index (χ3n) is 3.95. The van der Waals surface area contributed by atoms with Crippen molar-refractivity contribution in [2.45, 2.75) is 17.8 Å². The molecule has 0 amide bonds. The minimum atomic E-state index is 0.449. The summed E-state index contributed by atoms with van der Waals surface area (Å²) in [6.07, 6.45) is 1.74. The van der Waals surface area contributed by atoms with Crippen LogP contribution in [0.4, 0.5) is 5.82 Å². The zero-order chi connectivity index (χ0) is 19.1. The summed E-state index contributed by atoms with van der Waals surface area (Å²) in [5, 5.41) is 13.5. The molecule has 0 atom stereocenters. The molecule has 4 nitrogen and oxygen atoms in total. The molecule has 0 unspecified atom stereocenters. The van der Waals surface area contributed by atoms with Crippen molar-refractivity contribution in [3.8, 4) is 17.3 Å². The van der Waals surface area contributed by atoms with Gasteiger partial charge in [0.2, 0.25) is 0 Å². The van der Waals surface area contributed by atoms with Crippen molar-refractivity contribution in [2.24, 2.45) is 0 Å². The van der Waals surface area contributed by atoms with Crippen molar-refractivity contribution >= 4 is 17.6 Å². The second kappa shape index (κ2) is 9.02. The van der Waals surface area contributed by atoms with E-state index < -0.39 is 0 Å². The summed E-state index contributed by atoms with van der Waals surface area (Å²) in [6.45, 7) is 6.29. The molecule has 0 aliphatic rings. The lowest BCUT2D eigenvalue weighted by Gasteiger charge is -2.12. The molecule has 1 N–H and O–H groups in total. The van der Waals surface area contributed by atoms with Gasteiger partial charge in [0.25, 0.3) is 0 Å². The number of rotatable bonds is 7. The SMILES string of the molecule is C=CCNc1nc(SCc2ccccc2)nc(-c2ccc(C)cc2)c1C#N. The first-order valence-corrected chi connectivity index (χ1v) is 9.60. The lowest BCUT2D eigenvalue weighted by atomic mass is 10.1. The lowest BCUT2D eigenvalue weighted by Crippen LogP contribution is -2.07. The molecule has 0 fully saturated rings. The molecule has 0 aliphatic heterocycles. The van der Waals surface area contributed by atoms with E-state index in [4.69, 9.17) is 4.98 Å². The molecule has 3 rings (SSSR count). The number of nitrogens with zero attached hydrogens (tertiary/aromatic N) is 3. The van der Waals surface area contributed by atoms with Crippen LogP contribution >= 0.6 is 11.8 Å². The van der Waals surface area contributed by atoms with Crippen molar-refractivity contribution in [3.05, 3.63) is 83.9 Å². The number of thioether (sulfide) groups is 1. The topological polar surface area (TPSA) is 61.6 Å². The summed E-state index contributed by atoms with van der Waals surface area (Å²) < 4.78 is 0. The maximum Gasteiger partial charge on any atom is 0.190 e. The highest BCUT2D eigenvalue weighted by atomic mass is 32.2. The highest BCUT2D eigenvalue weighted by molar-refractivity contribution is 7.98. The van der Waals surface area contributed by atoms with E-state index in [1.165, 1.54) is 5.56 Å². The van der Waals surface area contributed by atoms with Crippen molar-refractivity contribution in [1.82, 2.24) is 9.97 Å². The minimum absolute atomic E-state index is 0.449. The van der Waals surface area contributed by atoms with E-state index in [1.54, 1.807) is 17.8 Å². The van der Waals surface area contributed by atoms with Gasteiger partial charge in [0.15, 0.2) is 5.16 Å². The molecule has 2 aromatic carbocycles. The minimum Gasteiger partial charge on any atom is -0.365 e. The van der Waals surface area contributed by atoms with Crippen LogP contribution in [-0.4, -0.2) is 16.5 Å². The third kappa shape index (κ3) is 4.75. The van der Waals surface area contributed by atoms with Gasteiger partial charge in [-0.1, -0.05) is 78.0 Å². The predicted octanol–water partition coefficient (Wildman–Crippen LogP) is 5.21. The van der Waals surface area contributed by atoms with E-state index in [1.807, 2.05) is 49.4 Å². The molecular formula is C22H20N4S. The monoisotopic (exact) mass is 372 g/mol. The first-order chi connectivity index (χ1) is 13.2. The summed E-state index contributed by atoms with van der Waals surface area (Å²) >= 11 is 1.55. The third-order valence-corrected chi connectivity index (χ3v) is 4.87. The fraction of sp³-hybridized carbons (Fsp3) is 0.136. The molecule has 0 saturated carbocycles. The Morgan fingerprint density at radius 1 is 1.11 bits per heavy atom. The normalized spacial score (nSPS) is 10.2. The van der Waals surface area contributed by atoms with Crippen LogP contribution in [0.2, 0.25) is 0 Å². The van der Waals surface area contributed by atoms with Crippen LogP contribution in [0.3, 0.4) is 0 Å². The number of anilines is 1. The lowest BCUT2D eigenvalue weighted by molar-refractivity contribution is 0.963. The Bertz CT molecular complexity index is 960. The number of hydrogen-bond donors (Lipinski definition) is 1. The van der Waals surface area contributed by atoms with Gasteiger partial charge in [0.05, 0.1) is 5.69 Å².